The van der Waals surface area contributed by atoms with E-state index in [2.05, 4.69) is 27.5 Å². The lowest BCUT2D eigenvalue weighted by Crippen LogP contribution is -2.29. The van der Waals surface area contributed by atoms with E-state index in [4.69, 9.17) is 11.6 Å². The Hall–Kier alpha value is -1.56. The summed E-state index contributed by atoms with van der Waals surface area (Å²) >= 11 is 6.06. The predicted molar refractivity (Wildman–Crippen MR) is 84.7 cm³/mol. The summed E-state index contributed by atoms with van der Waals surface area (Å²) in [5.41, 5.74) is 0. The van der Waals surface area contributed by atoms with Crippen LogP contribution in [0.3, 0.4) is 0 Å². The second-order valence-corrected chi connectivity index (χ2v) is 5.49. The van der Waals surface area contributed by atoms with E-state index < -0.39 is 0 Å². The zero-order valence-corrected chi connectivity index (χ0v) is 13.1. The van der Waals surface area contributed by atoms with Crippen molar-refractivity contribution in [3.8, 4) is 0 Å². The van der Waals surface area contributed by atoms with Crippen molar-refractivity contribution in [2.45, 2.75) is 32.6 Å². The minimum Gasteiger partial charge on any atom is -0.368 e. The van der Waals surface area contributed by atoms with E-state index in [9.17, 15) is 4.79 Å². The number of carbonyl (C=O) groups is 1. The molecule has 0 atom stereocenters. The van der Waals surface area contributed by atoms with Crippen LogP contribution in [0.15, 0.2) is 6.20 Å². The summed E-state index contributed by atoms with van der Waals surface area (Å²) in [7, 11) is 0. The Bertz CT molecular complexity index is 476. The first-order chi connectivity index (χ1) is 10.2. The van der Waals surface area contributed by atoms with Crippen LogP contribution in [-0.4, -0.2) is 47.0 Å². The SMILES string of the molecule is CCCNc1ncc(Cl)c(NCCC(=O)N2CCCC2)n1. The molecule has 0 aromatic carbocycles. The minimum atomic E-state index is 0.189. The largest absolute Gasteiger partial charge is 0.368 e. The first-order valence-electron chi connectivity index (χ1n) is 7.48. The second-order valence-electron chi connectivity index (χ2n) is 5.08. The number of hydrogen-bond donors (Lipinski definition) is 2. The van der Waals surface area contributed by atoms with Crippen LogP contribution in [0.2, 0.25) is 5.02 Å². The normalized spacial score (nSPS) is 14.3. The van der Waals surface area contributed by atoms with Gasteiger partial charge in [0.15, 0.2) is 0 Å². The second kappa shape index (κ2) is 8.02. The van der Waals surface area contributed by atoms with Gasteiger partial charge in [0.1, 0.15) is 10.8 Å². The Labute approximate surface area is 130 Å². The molecule has 116 valence electrons. The monoisotopic (exact) mass is 311 g/mol. The molecule has 0 radical (unpaired) electrons. The number of rotatable bonds is 7. The summed E-state index contributed by atoms with van der Waals surface area (Å²) in [6.07, 6.45) is 5.25. The highest BCUT2D eigenvalue weighted by atomic mass is 35.5. The summed E-state index contributed by atoms with van der Waals surface area (Å²) in [5, 5.41) is 6.69. The molecule has 1 aromatic rings. The molecule has 0 spiro atoms. The Kier molecular flexibility index (Phi) is 6.04. The third kappa shape index (κ3) is 4.74. The number of likely N-dealkylation sites (tertiary alicyclic amines) is 1. The highest BCUT2D eigenvalue weighted by Crippen LogP contribution is 2.19. The highest BCUT2D eigenvalue weighted by molar-refractivity contribution is 6.32. The fourth-order valence-corrected chi connectivity index (χ4v) is 2.38. The van der Waals surface area contributed by atoms with Gasteiger partial charge in [-0.05, 0) is 19.3 Å². The summed E-state index contributed by atoms with van der Waals surface area (Å²) in [4.78, 5) is 22.3. The number of carbonyl (C=O) groups excluding carboxylic acids is 1. The molecular weight excluding hydrogens is 290 g/mol. The predicted octanol–water partition coefficient (Wildman–Crippen LogP) is 2.38. The van der Waals surface area contributed by atoms with Crippen LogP contribution in [0.4, 0.5) is 11.8 Å². The number of nitrogens with zero attached hydrogens (tertiary/aromatic N) is 3. The number of hydrogen-bond acceptors (Lipinski definition) is 5. The average Bonchev–Trinajstić information content (AvgIpc) is 3.02. The van der Waals surface area contributed by atoms with Crippen molar-refractivity contribution >= 4 is 29.3 Å². The van der Waals surface area contributed by atoms with E-state index >= 15 is 0 Å². The van der Waals surface area contributed by atoms with E-state index in [1.807, 2.05) is 4.90 Å². The molecule has 1 saturated heterocycles. The molecule has 7 heteroatoms. The van der Waals surface area contributed by atoms with Crippen molar-refractivity contribution in [1.82, 2.24) is 14.9 Å². The number of anilines is 2. The smallest absolute Gasteiger partial charge is 0.224 e. The molecule has 2 N–H and O–H groups in total. The van der Waals surface area contributed by atoms with Crippen LogP contribution in [0.1, 0.15) is 32.6 Å². The molecule has 0 saturated carbocycles. The van der Waals surface area contributed by atoms with Gasteiger partial charge in [0.25, 0.3) is 0 Å². The molecule has 1 aliphatic rings. The van der Waals surface area contributed by atoms with Crippen LogP contribution < -0.4 is 10.6 Å². The van der Waals surface area contributed by atoms with E-state index in [0.29, 0.717) is 29.8 Å². The van der Waals surface area contributed by atoms with Gasteiger partial charge in [-0.1, -0.05) is 18.5 Å². The van der Waals surface area contributed by atoms with Crippen LogP contribution in [0.5, 0.6) is 0 Å². The molecule has 2 heterocycles. The summed E-state index contributed by atoms with van der Waals surface area (Å²) in [6, 6.07) is 0. The van der Waals surface area contributed by atoms with Gasteiger partial charge in [0.05, 0.1) is 6.20 Å². The molecule has 21 heavy (non-hydrogen) atoms. The molecule has 0 unspecified atom stereocenters. The average molecular weight is 312 g/mol. The summed E-state index contributed by atoms with van der Waals surface area (Å²) in [6.45, 7) is 5.19. The molecule has 1 aromatic heterocycles. The van der Waals surface area contributed by atoms with Crippen molar-refractivity contribution in [2.24, 2.45) is 0 Å². The van der Waals surface area contributed by atoms with Gasteiger partial charge in [-0.15, -0.1) is 0 Å². The number of amides is 1. The molecule has 0 bridgehead atoms. The Morgan fingerprint density at radius 1 is 1.33 bits per heavy atom. The van der Waals surface area contributed by atoms with Gasteiger partial charge in [-0.3, -0.25) is 4.79 Å². The zero-order chi connectivity index (χ0) is 15.1. The van der Waals surface area contributed by atoms with Crippen molar-refractivity contribution < 1.29 is 4.79 Å². The number of nitrogens with one attached hydrogen (secondary N) is 2. The maximum Gasteiger partial charge on any atom is 0.224 e. The van der Waals surface area contributed by atoms with Gasteiger partial charge in [0.2, 0.25) is 11.9 Å². The van der Waals surface area contributed by atoms with Gasteiger partial charge in [-0.2, -0.15) is 4.98 Å². The van der Waals surface area contributed by atoms with Crippen LogP contribution in [-0.2, 0) is 4.79 Å². The first-order valence-corrected chi connectivity index (χ1v) is 7.86. The molecule has 6 nitrogen and oxygen atoms in total. The molecular formula is C14H22ClN5O. The Balaban J connectivity index is 1.82. The topological polar surface area (TPSA) is 70.2 Å². The van der Waals surface area contributed by atoms with Crippen molar-refractivity contribution in [2.75, 3.05) is 36.8 Å². The number of halogens is 1. The van der Waals surface area contributed by atoms with Gasteiger partial charge in [0, 0.05) is 32.6 Å². The lowest BCUT2D eigenvalue weighted by Gasteiger charge is -2.15. The first kappa shape index (κ1) is 15.8. The maximum absolute atomic E-state index is 11.9. The van der Waals surface area contributed by atoms with E-state index in [1.54, 1.807) is 6.20 Å². The quantitative estimate of drug-likeness (QED) is 0.809. The maximum atomic E-state index is 11.9. The fraction of sp³-hybridized carbons (Fsp3) is 0.643. The zero-order valence-electron chi connectivity index (χ0n) is 12.4. The number of aromatic nitrogens is 2. The fourth-order valence-electron chi connectivity index (χ4n) is 2.23. The third-order valence-electron chi connectivity index (χ3n) is 3.37. The van der Waals surface area contributed by atoms with Crippen molar-refractivity contribution in [3.63, 3.8) is 0 Å². The third-order valence-corrected chi connectivity index (χ3v) is 3.64. The Morgan fingerprint density at radius 3 is 2.81 bits per heavy atom. The molecule has 1 aliphatic heterocycles. The molecule has 1 fully saturated rings. The highest BCUT2D eigenvalue weighted by Gasteiger charge is 2.17. The van der Waals surface area contributed by atoms with Crippen molar-refractivity contribution in [1.29, 1.82) is 0 Å². The molecule has 2 rings (SSSR count). The summed E-state index contributed by atoms with van der Waals surface area (Å²) in [5.74, 6) is 1.31. The van der Waals surface area contributed by atoms with Crippen LogP contribution >= 0.6 is 11.6 Å². The van der Waals surface area contributed by atoms with E-state index in [1.165, 1.54) is 0 Å². The lowest BCUT2D eigenvalue weighted by molar-refractivity contribution is -0.129. The Morgan fingerprint density at radius 2 is 2.10 bits per heavy atom. The van der Waals surface area contributed by atoms with Gasteiger partial charge in [-0.25, -0.2) is 4.98 Å². The molecule has 0 aliphatic carbocycles. The van der Waals surface area contributed by atoms with E-state index in [0.717, 1.165) is 38.9 Å². The standard InChI is InChI=1S/C14H22ClN5O/c1-2-6-17-14-18-10-11(15)13(19-14)16-7-5-12(21)20-8-3-4-9-20/h10H,2-9H2,1H3,(H2,16,17,18,19). The van der Waals surface area contributed by atoms with Gasteiger partial charge >= 0.3 is 0 Å². The molecule has 1 amide bonds. The summed E-state index contributed by atoms with van der Waals surface area (Å²) < 4.78 is 0. The van der Waals surface area contributed by atoms with Gasteiger partial charge < -0.3 is 15.5 Å². The van der Waals surface area contributed by atoms with Crippen LogP contribution in [0.25, 0.3) is 0 Å². The van der Waals surface area contributed by atoms with Crippen LogP contribution in [0, 0.1) is 0 Å². The van der Waals surface area contributed by atoms with Crippen molar-refractivity contribution in [3.05, 3.63) is 11.2 Å². The van der Waals surface area contributed by atoms with E-state index in [-0.39, 0.29) is 5.91 Å². The minimum absolute atomic E-state index is 0.189. The lowest BCUT2D eigenvalue weighted by atomic mass is 10.3.